The molecular formula is C10H14. The first-order valence-corrected chi connectivity index (χ1v) is 3.67. The molecule has 0 aromatic carbocycles. The Morgan fingerprint density at radius 3 is 2.30 bits per heavy atom. The molecule has 1 atom stereocenters. The number of allylic oxidation sites excluding steroid dienone is 5. The van der Waals surface area contributed by atoms with E-state index >= 15 is 0 Å². The van der Waals surface area contributed by atoms with Gasteiger partial charge in [-0.15, -0.1) is 0 Å². The number of hydrogen-bond acceptors (Lipinski definition) is 0. The zero-order chi connectivity index (χ0) is 7.72. The van der Waals surface area contributed by atoms with Crippen LogP contribution in [0.15, 0.2) is 35.5 Å². The van der Waals surface area contributed by atoms with E-state index in [0.717, 1.165) is 0 Å². The summed E-state index contributed by atoms with van der Waals surface area (Å²) < 4.78 is 0. The molecule has 1 unspecified atom stereocenters. The average molecular weight is 134 g/mol. The van der Waals surface area contributed by atoms with Crippen LogP contribution in [0.2, 0.25) is 0 Å². The smallest absolute Gasteiger partial charge is 0.00225 e. The standard InChI is InChI=1S/C10H14/c1-7(2)10-6-5-8(3)9(10)4/h5-6,9H,1H2,2-4H3. The van der Waals surface area contributed by atoms with Crippen molar-refractivity contribution in [3.8, 4) is 0 Å². The SMILES string of the molecule is C=C(C)C1=CC=C(C)C1C. The first-order chi connectivity index (χ1) is 4.63. The molecule has 0 saturated carbocycles. The molecular weight excluding hydrogens is 120 g/mol. The van der Waals surface area contributed by atoms with Crippen molar-refractivity contribution in [1.82, 2.24) is 0 Å². The van der Waals surface area contributed by atoms with E-state index in [2.05, 4.69) is 39.5 Å². The fourth-order valence-corrected chi connectivity index (χ4v) is 1.27. The van der Waals surface area contributed by atoms with E-state index in [4.69, 9.17) is 0 Å². The molecule has 1 aliphatic carbocycles. The van der Waals surface area contributed by atoms with Crippen LogP contribution < -0.4 is 0 Å². The Morgan fingerprint density at radius 1 is 1.50 bits per heavy atom. The van der Waals surface area contributed by atoms with Crippen molar-refractivity contribution in [2.75, 3.05) is 0 Å². The molecule has 0 spiro atoms. The summed E-state index contributed by atoms with van der Waals surface area (Å²) in [7, 11) is 0. The van der Waals surface area contributed by atoms with E-state index in [1.54, 1.807) is 0 Å². The van der Waals surface area contributed by atoms with Gasteiger partial charge in [0.25, 0.3) is 0 Å². The fraction of sp³-hybridized carbons (Fsp3) is 0.400. The topological polar surface area (TPSA) is 0 Å². The van der Waals surface area contributed by atoms with E-state index in [1.165, 1.54) is 16.7 Å². The summed E-state index contributed by atoms with van der Waals surface area (Å²) in [5.41, 5.74) is 4.02. The van der Waals surface area contributed by atoms with Gasteiger partial charge in [-0.25, -0.2) is 0 Å². The zero-order valence-corrected chi connectivity index (χ0v) is 6.94. The minimum Gasteiger partial charge on any atom is -0.0958 e. The summed E-state index contributed by atoms with van der Waals surface area (Å²) in [6.07, 6.45) is 4.34. The fourth-order valence-electron chi connectivity index (χ4n) is 1.27. The molecule has 10 heavy (non-hydrogen) atoms. The molecule has 0 aromatic heterocycles. The monoisotopic (exact) mass is 134 g/mol. The highest BCUT2D eigenvalue weighted by Crippen LogP contribution is 2.29. The average Bonchev–Trinajstić information content (AvgIpc) is 2.14. The van der Waals surface area contributed by atoms with E-state index < -0.39 is 0 Å². The highest BCUT2D eigenvalue weighted by molar-refractivity contribution is 5.42. The molecule has 0 nitrogen and oxygen atoms in total. The van der Waals surface area contributed by atoms with Crippen LogP contribution in [0.3, 0.4) is 0 Å². The minimum absolute atomic E-state index is 0.595. The Bertz CT molecular complexity index is 216. The van der Waals surface area contributed by atoms with Gasteiger partial charge < -0.3 is 0 Å². The largest absolute Gasteiger partial charge is 0.0958 e. The molecule has 0 saturated heterocycles. The van der Waals surface area contributed by atoms with Crippen molar-refractivity contribution in [2.24, 2.45) is 5.92 Å². The lowest BCUT2D eigenvalue weighted by Gasteiger charge is -2.10. The third-order valence-electron chi connectivity index (χ3n) is 2.17. The predicted octanol–water partition coefficient (Wildman–Crippen LogP) is 3.08. The third kappa shape index (κ3) is 1.06. The number of rotatable bonds is 1. The Morgan fingerprint density at radius 2 is 2.10 bits per heavy atom. The van der Waals surface area contributed by atoms with Crippen LogP contribution in [0.1, 0.15) is 20.8 Å². The van der Waals surface area contributed by atoms with Gasteiger partial charge >= 0.3 is 0 Å². The Kier molecular flexibility index (Phi) is 1.80. The van der Waals surface area contributed by atoms with Crippen molar-refractivity contribution in [3.63, 3.8) is 0 Å². The van der Waals surface area contributed by atoms with Crippen molar-refractivity contribution >= 4 is 0 Å². The molecule has 0 amide bonds. The van der Waals surface area contributed by atoms with Gasteiger partial charge in [0.05, 0.1) is 0 Å². The van der Waals surface area contributed by atoms with Gasteiger partial charge in [-0.3, -0.25) is 0 Å². The lowest BCUT2D eigenvalue weighted by atomic mass is 9.95. The van der Waals surface area contributed by atoms with E-state index in [9.17, 15) is 0 Å². The molecule has 0 N–H and O–H groups in total. The molecule has 0 bridgehead atoms. The molecule has 1 aliphatic rings. The summed E-state index contributed by atoms with van der Waals surface area (Å²) in [5.74, 6) is 0.595. The van der Waals surface area contributed by atoms with E-state index in [-0.39, 0.29) is 0 Å². The van der Waals surface area contributed by atoms with E-state index in [1.807, 2.05) is 0 Å². The molecule has 0 fully saturated rings. The van der Waals surface area contributed by atoms with Crippen LogP contribution >= 0.6 is 0 Å². The maximum absolute atomic E-state index is 3.92. The molecule has 0 heterocycles. The minimum atomic E-state index is 0.595. The maximum atomic E-state index is 3.92. The van der Waals surface area contributed by atoms with Crippen LogP contribution in [0.5, 0.6) is 0 Å². The highest BCUT2D eigenvalue weighted by Gasteiger charge is 2.14. The zero-order valence-electron chi connectivity index (χ0n) is 6.94. The second kappa shape index (κ2) is 2.45. The Labute approximate surface area is 62.9 Å². The van der Waals surface area contributed by atoms with Gasteiger partial charge in [0.2, 0.25) is 0 Å². The predicted molar refractivity (Wildman–Crippen MR) is 45.8 cm³/mol. The summed E-state index contributed by atoms with van der Waals surface area (Å²) in [6.45, 7) is 10.4. The third-order valence-corrected chi connectivity index (χ3v) is 2.17. The molecule has 0 radical (unpaired) electrons. The Balaban J connectivity index is 2.81. The molecule has 0 heteroatoms. The van der Waals surface area contributed by atoms with Gasteiger partial charge in [0.1, 0.15) is 0 Å². The van der Waals surface area contributed by atoms with Crippen LogP contribution in [0.25, 0.3) is 0 Å². The lowest BCUT2D eigenvalue weighted by Crippen LogP contribution is -1.96. The van der Waals surface area contributed by atoms with Gasteiger partial charge in [-0.05, 0) is 19.4 Å². The van der Waals surface area contributed by atoms with Gasteiger partial charge in [0.15, 0.2) is 0 Å². The molecule has 0 aliphatic heterocycles. The lowest BCUT2D eigenvalue weighted by molar-refractivity contribution is 0.830. The first kappa shape index (κ1) is 7.33. The number of hydrogen-bond donors (Lipinski definition) is 0. The van der Waals surface area contributed by atoms with Crippen molar-refractivity contribution in [1.29, 1.82) is 0 Å². The van der Waals surface area contributed by atoms with Crippen LogP contribution in [0.4, 0.5) is 0 Å². The summed E-state index contributed by atoms with van der Waals surface area (Å²) in [5, 5.41) is 0. The molecule has 54 valence electrons. The normalized spacial score (nSPS) is 24.1. The van der Waals surface area contributed by atoms with Crippen LogP contribution in [0, 0.1) is 5.92 Å². The summed E-state index contributed by atoms with van der Waals surface area (Å²) in [6, 6.07) is 0. The van der Waals surface area contributed by atoms with E-state index in [0.29, 0.717) is 5.92 Å². The molecule has 1 rings (SSSR count). The van der Waals surface area contributed by atoms with Gasteiger partial charge in [-0.2, -0.15) is 0 Å². The first-order valence-electron chi connectivity index (χ1n) is 3.67. The maximum Gasteiger partial charge on any atom is 0.00225 e. The van der Waals surface area contributed by atoms with Crippen LogP contribution in [-0.4, -0.2) is 0 Å². The quantitative estimate of drug-likeness (QED) is 0.517. The second-order valence-electron chi connectivity index (χ2n) is 3.03. The summed E-state index contributed by atoms with van der Waals surface area (Å²) >= 11 is 0. The highest BCUT2D eigenvalue weighted by atomic mass is 14.2. The van der Waals surface area contributed by atoms with Gasteiger partial charge in [0, 0.05) is 5.92 Å². The van der Waals surface area contributed by atoms with Crippen molar-refractivity contribution < 1.29 is 0 Å². The molecule has 0 aromatic rings. The van der Waals surface area contributed by atoms with Crippen molar-refractivity contribution in [2.45, 2.75) is 20.8 Å². The Hall–Kier alpha value is -0.780. The van der Waals surface area contributed by atoms with Gasteiger partial charge in [-0.1, -0.05) is 36.8 Å². The van der Waals surface area contributed by atoms with Crippen LogP contribution in [-0.2, 0) is 0 Å². The second-order valence-corrected chi connectivity index (χ2v) is 3.03. The van der Waals surface area contributed by atoms with Crippen molar-refractivity contribution in [3.05, 3.63) is 35.5 Å². The summed E-state index contributed by atoms with van der Waals surface area (Å²) in [4.78, 5) is 0.